The molecule has 0 saturated carbocycles. The van der Waals surface area contributed by atoms with E-state index in [2.05, 4.69) is 87.0 Å². The van der Waals surface area contributed by atoms with E-state index in [1.54, 1.807) is 12.1 Å². The topological polar surface area (TPSA) is 62.4 Å². The summed E-state index contributed by atoms with van der Waals surface area (Å²) in [6.07, 6.45) is 0. The molecule has 9 heteroatoms. The van der Waals surface area contributed by atoms with Gasteiger partial charge in [0.1, 0.15) is 0 Å². The Morgan fingerprint density at radius 2 is 1.26 bits per heavy atom. The number of nitro groups is 1. The molecular formula is C34H37Cl2N3O3Ru. The van der Waals surface area contributed by atoms with Crippen LogP contribution in [0.3, 0.4) is 0 Å². The van der Waals surface area contributed by atoms with Crippen LogP contribution in [0.2, 0.25) is 0 Å². The van der Waals surface area contributed by atoms with Crippen molar-refractivity contribution in [3.05, 3.63) is 129 Å². The Morgan fingerprint density at radius 3 is 1.70 bits per heavy atom. The number of benzene rings is 4. The number of aromatic hydroxyl groups is 2. The van der Waals surface area contributed by atoms with Crippen molar-refractivity contribution in [3.8, 4) is 11.5 Å². The van der Waals surface area contributed by atoms with E-state index in [1.807, 2.05) is 28.9 Å². The van der Waals surface area contributed by atoms with Gasteiger partial charge in [-0.15, -0.1) is 0 Å². The van der Waals surface area contributed by atoms with Gasteiger partial charge in [-0.2, -0.15) is 6.67 Å². The molecule has 0 aromatic heterocycles. The monoisotopic (exact) mass is 707 g/mol. The third-order valence-corrected chi connectivity index (χ3v) is 8.97. The molecule has 0 spiro atoms. The van der Waals surface area contributed by atoms with Gasteiger partial charge in [0.15, 0.2) is 0 Å². The van der Waals surface area contributed by atoms with Gasteiger partial charge < -0.3 is 9.80 Å². The normalized spacial score (nSPS) is 12.9. The second kappa shape index (κ2) is 14.5. The quantitative estimate of drug-likeness (QED) is 0.0659. The van der Waals surface area contributed by atoms with Gasteiger partial charge in [-0.1, -0.05) is 35.4 Å². The van der Waals surface area contributed by atoms with E-state index >= 15 is 0 Å². The van der Waals surface area contributed by atoms with Gasteiger partial charge in [0.2, 0.25) is 0 Å². The van der Waals surface area contributed by atoms with Crippen molar-refractivity contribution in [2.75, 3.05) is 22.9 Å². The number of hydrogen-bond acceptors (Lipinski definition) is 4. The average molecular weight is 708 g/mol. The van der Waals surface area contributed by atoms with Gasteiger partial charge in [0.25, 0.3) is 0 Å². The molecule has 4 aromatic carbocycles. The summed E-state index contributed by atoms with van der Waals surface area (Å²) in [7, 11) is 11.8. The molecule has 0 aliphatic carbocycles. The van der Waals surface area contributed by atoms with Crippen LogP contribution in [0.5, 0.6) is 11.5 Å². The second-order valence-corrected chi connectivity index (χ2v) is 16.5. The number of ether oxygens (including phenoxy) is 1. The van der Waals surface area contributed by atoms with E-state index in [9.17, 15) is 10.1 Å². The molecule has 1 aliphatic heterocycles. The van der Waals surface area contributed by atoms with Crippen LogP contribution in [0, 0.1) is 58.3 Å². The summed E-state index contributed by atoms with van der Waals surface area (Å²) in [4.78, 5) is 15.0. The number of halogens is 2. The second-order valence-electron chi connectivity index (χ2n) is 10.7. The van der Waals surface area contributed by atoms with E-state index in [4.69, 9.17) is 19.4 Å². The first-order valence-electron chi connectivity index (χ1n) is 13.9. The maximum atomic E-state index is 10.6. The Labute approximate surface area is 267 Å². The average Bonchev–Trinajstić information content (AvgIpc) is 3.38. The molecule has 1 saturated heterocycles. The Bertz CT molecular complexity index is 1540. The number of aryl methyl sites for hydroxylation is 6. The maximum absolute atomic E-state index is 10.6. The standard InChI is InChI=1S/C21H27N2.C13H9NO3.2ClH.Ru/c1-14-9-16(3)20(17(4)10-14)22-7-8-23(13-22)21-18(5)11-15(2)12-19(21)6;1-10-4-2-3-5-13(10)17-12-8-6-11(7-9-12)14(15)16;;;/h9-13H,7-8H2,1-6H3;1-9H;2*1H;/q-1;;;;+2/p-1. The van der Waals surface area contributed by atoms with Crippen LogP contribution in [-0.4, -0.2) is 27.4 Å². The first-order chi connectivity index (χ1) is 20.4. The molecule has 43 heavy (non-hydrogen) atoms. The number of non-ortho nitro benzene ring substituents is 1. The van der Waals surface area contributed by atoms with Gasteiger partial charge in [-0.05, 0) is 63.8 Å². The molecule has 0 radical (unpaired) electrons. The van der Waals surface area contributed by atoms with Crippen LogP contribution in [-0.2, 0) is 13.5 Å². The van der Waals surface area contributed by atoms with Crippen molar-refractivity contribution in [2.24, 2.45) is 0 Å². The fourth-order valence-electron chi connectivity index (χ4n) is 5.64. The van der Waals surface area contributed by atoms with Crippen LogP contribution < -0.4 is 9.80 Å². The van der Waals surface area contributed by atoms with Crippen LogP contribution in [0.25, 0.3) is 0 Å². The van der Waals surface area contributed by atoms with E-state index in [-0.39, 0.29) is 5.69 Å². The molecule has 1 aliphatic rings. The molecule has 228 valence electrons. The van der Waals surface area contributed by atoms with Crippen LogP contribution in [0.1, 0.15) is 38.9 Å². The van der Waals surface area contributed by atoms with Gasteiger partial charge >= 0.3 is 129 Å². The van der Waals surface area contributed by atoms with Crippen molar-refractivity contribution >= 4 is 41.1 Å². The number of anilines is 2. The van der Waals surface area contributed by atoms with E-state index < -0.39 is 18.4 Å². The Balaban J connectivity index is 0.000000199. The summed E-state index contributed by atoms with van der Waals surface area (Å²) in [5.41, 5.74) is 11.7. The molecule has 4 aromatic rings. The summed E-state index contributed by atoms with van der Waals surface area (Å²) >= 11 is -1.92. The van der Waals surface area contributed by atoms with E-state index in [0.717, 1.165) is 24.4 Å². The number of hydrogen-bond donors (Lipinski definition) is 0. The summed E-state index contributed by atoms with van der Waals surface area (Å²) in [6, 6.07) is 22.6. The van der Waals surface area contributed by atoms with Crippen molar-refractivity contribution < 1.29 is 23.2 Å². The number of nitro benzene ring substituents is 1. The predicted molar refractivity (Wildman–Crippen MR) is 178 cm³/mol. The van der Waals surface area contributed by atoms with E-state index in [1.165, 1.54) is 56.9 Å². The van der Waals surface area contributed by atoms with Crippen LogP contribution in [0.4, 0.5) is 17.1 Å². The van der Waals surface area contributed by atoms with Crippen LogP contribution in [0.15, 0.2) is 72.8 Å². The molecule has 0 atom stereocenters. The molecule has 0 bridgehead atoms. The Kier molecular flexibility index (Phi) is 11.0. The zero-order valence-electron chi connectivity index (χ0n) is 25.2. The van der Waals surface area contributed by atoms with Gasteiger partial charge in [-0.3, -0.25) is 0 Å². The first kappa shape index (κ1) is 32.7. The molecule has 0 unspecified atom stereocenters. The molecule has 1 N–H and O–H groups in total. The van der Waals surface area contributed by atoms with E-state index in [0.29, 0.717) is 5.75 Å². The minimum atomic E-state index is -1.92. The zero-order valence-corrected chi connectivity index (χ0v) is 28.5. The van der Waals surface area contributed by atoms with Crippen LogP contribution >= 0.6 is 19.4 Å². The van der Waals surface area contributed by atoms with Crippen molar-refractivity contribution in [1.29, 1.82) is 0 Å². The summed E-state index contributed by atoms with van der Waals surface area (Å²) < 4.78 is 6.26. The molecule has 1 heterocycles. The number of nitrogens with zero attached hydrogens (tertiary/aromatic N) is 3. The van der Waals surface area contributed by atoms with Crippen molar-refractivity contribution in [1.82, 2.24) is 0 Å². The fraction of sp³-hybridized carbons (Fsp3) is 0.235. The summed E-state index contributed by atoms with van der Waals surface area (Å²) in [6.45, 7) is 17.6. The molecule has 0 amide bonds. The van der Waals surface area contributed by atoms with Gasteiger partial charge in [0, 0.05) is 24.5 Å². The van der Waals surface area contributed by atoms with Crippen molar-refractivity contribution in [3.63, 3.8) is 0 Å². The molecule has 5 rings (SSSR count). The molecule has 6 nitrogen and oxygen atoms in total. The zero-order chi connectivity index (χ0) is 31.3. The third-order valence-electron chi connectivity index (χ3n) is 7.14. The summed E-state index contributed by atoms with van der Waals surface area (Å²) in [5, 5.41) is 10.6. The van der Waals surface area contributed by atoms with Gasteiger partial charge in [0.05, 0.1) is 0 Å². The number of para-hydroxylation sites is 1. The van der Waals surface area contributed by atoms with Gasteiger partial charge in [-0.25, -0.2) is 0 Å². The predicted octanol–water partition coefficient (Wildman–Crippen LogP) is 9.31. The fourth-order valence-corrected chi connectivity index (χ4v) is 7.45. The minimum absolute atomic E-state index is 0.0398. The Morgan fingerprint density at radius 1 is 0.791 bits per heavy atom. The number of rotatable bonds is 6. The third kappa shape index (κ3) is 8.44. The molecule has 1 fully saturated rings. The first-order valence-corrected chi connectivity index (χ1v) is 19.3. The Hall–Kier alpha value is -3.25. The molecular weight excluding hydrogens is 670 g/mol. The summed E-state index contributed by atoms with van der Waals surface area (Å²) in [5.74, 6) is 1.38. The SMILES string of the molecule is Cc1cc(C)c(N2[CH-]N(c3c(C)cc(C)cc3C)CC2)c(C)c1.O=[N+]([O-])c1ccc([OH+]c2ccccc2[CH]=[Ru]([Cl])[Cl])cc1. The van der Waals surface area contributed by atoms with Crippen molar-refractivity contribution in [2.45, 2.75) is 41.5 Å².